The normalized spacial score (nSPS) is 10.6. The van der Waals surface area contributed by atoms with Crippen molar-refractivity contribution < 1.29 is 0 Å². The number of nitrogens with two attached hydrogens (primary N) is 1. The van der Waals surface area contributed by atoms with Gasteiger partial charge < -0.3 is 5.73 Å². The van der Waals surface area contributed by atoms with Gasteiger partial charge >= 0.3 is 5.69 Å². The summed E-state index contributed by atoms with van der Waals surface area (Å²) in [5, 5.41) is 6.84. The minimum absolute atomic E-state index is 0.231. The maximum absolute atomic E-state index is 11.1. The summed E-state index contributed by atoms with van der Waals surface area (Å²) < 4.78 is 1.44. The molecule has 0 aliphatic heterocycles. The van der Waals surface area contributed by atoms with Crippen molar-refractivity contribution in [1.29, 1.82) is 0 Å². The van der Waals surface area contributed by atoms with Crippen LogP contribution in [0.1, 0.15) is 5.69 Å². The molecule has 0 aliphatic carbocycles. The summed E-state index contributed by atoms with van der Waals surface area (Å²) in [6.07, 6.45) is 3.10. The number of hydrogen-bond acceptors (Lipinski definition) is 6. The lowest BCUT2D eigenvalue weighted by atomic mass is 10.5. The minimum Gasteiger partial charge on any atom is -0.382 e. The third-order valence-corrected chi connectivity index (χ3v) is 2.98. The number of nitrogens with one attached hydrogen (secondary N) is 1. The molecule has 16 heavy (non-hydrogen) atoms. The number of aromatic amines is 1. The second kappa shape index (κ2) is 4.35. The van der Waals surface area contributed by atoms with E-state index in [0.717, 1.165) is 5.69 Å². The molecule has 0 unspecified atom stereocenters. The largest absolute Gasteiger partial charge is 0.382 e. The maximum atomic E-state index is 11.1. The van der Waals surface area contributed by atoms with E-state index < -0.39 is 0 Å². The van der Waals surface area contributed by atoms with Crippen LogP contribution >= 0.6 is 11.8 Å². The Morgan fingerprint density at radius 1 is 1.50 bits per heavy atom. The van der Waals surface area contributed by atoms with Crippen molar-refractivity contribution in [3.63, 3.8) is 0 Å². The number of H-pyrrole nitrogens is 1. The van der Waals surface area contributed by atoms with Crippen LogP contribution in [-0.2, 0) is 12.8 Å². The van der Waals surface area contributed by atoms with Crippen molar-refractivity contribution >= 4 is 17.6 Å². The first-order valence-electron chi connectivity index (χ1n) is 4.47. The van der Waals surface area contributed by atoms with Gasteiger partial charge in [0.15, 0.2) is 5.16 Å². The molecule has 0 aliphatic rings. The third kappa shape index (κ3) is 2.22. The monoisotopic (exact) mass is 238 g/mol. The first-order valence-corrected chi connectivity index (χ1v) is 5.46. The summed E-state index contributed by atoms with van der Waals surface area (Å²) in [5.41, 5.74) is 5.97. The molecule has 0 amide bonds. The lowest BCUT2D eigenvalue weighted by molar-refractivity contribution is 0.765. The topological polar surface area (TPSA) is 102 Å². The van der Waals surface area contributed by atoms with E-state index in [2.05, 4.69) is 20.2 Å². The van der Waals surface area contributed by atoms with E-state index in [1.807, 2.05) is 0 Å². The van der Waals surface area contributed by atoms with Gasteiger partial charge in [0.05, 0.1) is 18.1 Å². The summed E-state index contributed by atoms with van der Waals surface area (Å²) >= 11 is 1.40. The van der Waals surface area contributed by atoms with Crippen LogP contribution in [0.25, 0.3) is 0 Å². The average molecular weight is 238 g/mol. The van der Waals surface area contributed by atoms with Gasteiger partial charge in [-0.1, -0.05) is 11.8 Å². The molecule has 84 valence electrons. The van der Waals surface area contributed by atoms with Gasteiger partial charge in [0.1, 0.15) is 5.82 Å². The third-order valence-electron chi connectivity index (χ3n) is 1.91. The Bertz CT molecular complexity index is 530. The van der Waals surface area contributed by atoms with Crippen molar-refractivity contribution in [3.05, 3.63) is 28.6 Å². The molecule has 0 saturated carbocycles. The smallest absolute Gasteiger partial charge is 0.343 e. The molecule has 0 spiro atoms. The van der Waals surface area contributed by atoms with Crippen LogP contribution in [0, 0.1) is 0 Å². The number of thioether (sulfide) groups is 1. The zero-order chi connectivity index (χ0) is 11.5. The highest BCUT2D eigenvalue weighted by Gasteiger charge is 2.05. The van der Waals surface area contributed by atoms with E-state index in [1.165, 1.54) is 22.5 Å². The fourth-order valence-corrected chi connectivity index (χ4v) is 1.85. The van der Waals surface area contributed by atoms with E-state index in [9.17, 15) is 4.79 Å². The van der Waals surface area contributed by atoms with Crippen LogP contribution < -0.4 is 11.4 Å². The van der Waals surface area contributed by atoms with Crippen LogP contribution in [0.3, 0.4) is 0 Å². The van der Waals surface area contributed by atoms with Crippen LogP contribution in [0.15, 0.2) is 22.3 Å². The summed E-state index contributed by atoms with van der Waals surface area (Å²) in [4.78, 5) is 19.1. The molecule has 0 atom stereocenters. The van der Waals surface area contributed by atoms with Crippen molar-refractivity contribution in [1.82, 2.24) is 24.7 Å². The molecule has 7 nitrogen and oxygen atoms in total. The second-order valence-corrected chi connectivity index (χ2v) is 4.03. The molecule has 2 rings (SSSR count). The van der Waals surface area contributed by atoms with Crippen LogP contribution in [-0.4, -0.2) is 24.7 Å². The Balaban J connectivity index is 2.05. The predicted molar refractivity (Wildman–Crippen MR) is 59.8 cm³/mol. The summed E-state index contributed by atoms with van der Waals surface area (Å²) in [5.74, 6) is 0.978. The van der Waals surface area contributed by atoms with E-state index in [1.54, 1.807) is 13.2 Å². The number of nitrogen functional groups attached to an aromatic ring is 1. The van der Waals surface area contributed by atoms with Crippen molar-refractivity contribution in [2.24, 2.45) is 7.05 Å². The van der Waals surface area contributed by atoms with E-state index >= 15 is 0 Å². The number of nitrogens with zero attached hydrogens (tertiary/aromatic N) is 4. The molecule has 2 aromatic rings. The highest BCUT2D eigenvalue weighted by atomic mass is 32.2. The number of hydrogen-bond donors (Lipinski definition) is 2. The molecular formula is C8H10N6OS. The SMILES string of the molecule is Cn1c(SCc2cnc(N)cn2)n[nH]c1=O. The first-order chi connectivity index (χ1) is 7.66. The number of aromatic nitrogens is 5. The summed E-state index contributed by atoms with van der Waals surface area (Å²) in [7, 11) is 1.66. The lowest BCUT2D eigenvalue weighted by Gasteiger charge is -1.99. The van der Waals surface area contributed by atoms with Crippen LogP contribution in [0.4, 0.5) is 5.82 Å². The molecular weight excluding hydrogens is 228 g/mol. The van der Waals surface area contributed by atoms with Gasteiger partial charge in [-0.15, -0.1) is 5.10 Å². The van der Waals surface area contributed by atoms with E-state index in [0.29, 0.717) is 16.7 Å². The Kier molecular flexibility index (Phi) is 2.91. The lowest BCUT2D eigenvalue weighted by Crippen LogP contribution is -2.12. The molecule has 3 N–H and O–H groups in total. The number of anilines is 1. The zero-order valence-corrected chi connectivity index (χ0v) is 9.36. The van der Waals surface area contributed by atoms with Crippen molar-refractivity contribution in [3.8, 4) is 0 Å². The molecule has 0 bridgehead atoms. The van der Waals surface area contributed by atoms with Crippen LogP contribution in [0.5, 0.6) is 0 Å². The molecule has 2 heterocycles. The number of rotatable bonds is 3. The van der Waals surface area contributed by atoms with Gasteiger partial charge in [-0.3, -0.25) is 9.55 Å². The molecule has 0 saturated heterocycles. The van der Waals surface area contributed by atoms with Gasteiger partial charge in [0, 0.05) is 12.8 Å². The fourth-order valence-electron chi connectivity index (χ4n) is 1.04. The molecule has 2 aromatic heterocycles. The molecule has 0 fully saturated rings. The van der Waals surface area contributed by atoms with Crippen LogP contribution in [0.2, 0.25) is 0 Å². The highest BCUT2D eigenvalue weighted by molar-refractivity contribution is 7.98. The Morgan fingerprint density at radius 3 is 2.88 bits per heavy atom. The summed E-state index contributed by atoms with van der Waals surface area (Å²) in [6.45, 7) is 0. The van der Waals surface area contributed by atoms with Crippen molar-refractivity contribution in [2.75, 3.05) is 5.73 Å². The molecule has 0 radical (unpaired) electrons. The van der Waals surface area contributed by atoms with Gasteiger partial charge in [0.25, 0.3) is 0 Å². The zero-order valence-electron chi connectivity index (χ0n) is 8.54. The Morgan fingerprint density at radius 2 is 2.31 bits per heavy atom. The molecule has 8 heteroatoms. The van der Waals surface area contributed by atoms with Gasteiger partial charge in [-0.05, 0) is 0 Å². The van der Waals surface area contributed by atoms with E-state index in [4.69, 9.17) is 5.73 Å². The maximum Gasteiger partial charge on any atom is 0.343 e. The summed E-state index contributed by atoms with van der Waals surface area (Å²) in [6, 6.07) is 0. The van der Waals surface area contributed by atoms with Gasteiger partial charge in [-0.25, -0.2) is 14.9 Å². The average Bonchev–Trinajstić information content (AvgIpc) is 2.60. The fraction of sp³-hybridized carbons (Fsp3) is 0.250. The standard InChI is InChI=1S/C8H10N6OS/c1-14-7(15)12-13-8(14)16-4-5-2-11-6(9)3-10-5/h2-3H,4H2,1H3,(H2,9,11)(H,12,15). The predicted octanol–water partition coefficient (Wildman–Crippen LogP) is -0.227. The first kappa shape index (κ1) is 10.7. The van der Waals surface area contributed by atoms with Gasteiger partial charge in [0.2, 0.25) is 0 Å². The van der Waals surface area contributed by atoms with E-state index in [-0.39, 0.29) is 5.69 Å². The highest BCUT2D eigenvalue weighted by Crippen LogP contribution is 2.17. The quantitative estimate of drug-likeness (QED) is 0.716. The second-order valence-electron chi connectivity index (χ2n) is 3.09. The van der Waals surface area contributed by atoms with Crippen molar-refractivity contribution in [2.45, 2.75) is 10.9 Å². The Hall–Kier alpha value is -1.83. The van der Waals surface area contributed by atoms with Gasteiger partial charge in [-0.2, -0.15) is 0 Å². The Labute approximate surface area is 95.1 Å². The minimum atomic E-state index is -0.231. The molecule has 0 aromatic carbocycles.